The molecule has 2 saturated heterocycles. The van der Waals surface area contributed by atoms with Crippen LogP contribution >= 0.6 is 0 Å². The van der Waals surface area contributed by atoms with E-state index in [-0.39, 0.29) is 24.0 Å². The van der Waals surface area contributed by atoms with Crippen molar-refractivity contribution in [3.05, 3.63) is 0 Å². The van der Waals surface area contributed by atoms with Gasteiger partial charge in [-0.2, -0.15) is 0 Å². The van der Waals surface area contributed by atoms with Gasteiger partial charge in [-0.15, -0.1) is 0 Å². The second-order valence-corrected chi connectivity index (χ2v) is 7.55. The predicted octanol–water partition coefficient (Wildman–Crippen LogP) is 0.129. The molecule has 110 valence electrons. The molecule has 6 nitrogen and oxygen atoms in total. The van der Waals surface area contributed by atoms with Gasteiger partial charge in [0.15, 0.2) is 9.84 Å². The summed E-state index contributed by atoms with van der Waals surface area (Å²) in [5.74, 6) is -0.844. The van der Waals surface area contributed by atoms with Crippen molar-refractivity contribution in [2.24, 2.45) is 0 Å². The fourth-order valence-electron chi connectivity index (χ4n) is 2.79. The maximum Gasteiger partial charge on any atom is 0.304 e. The van der Waals surface area contributed by atoms with Gasteiger partial charge in [-0.05, 0) is 19.3 Å². The zero-order chi connectivity index (χ0) is 13.9. The summed E-state index contributed by atoms with van der Waals surface area (Å²) in [7, 11) is -3.08. The van der Waals surface area contributed by atoms with E-state index in [4.69, 9.17) is 9.84 Å². The average Bonchev–Trinajstić information content (AvgIpc) is 2.79. The smallest absolute Gasteiger partial charge is 0.304 e. The van der Waals surface area contributed by atoms with Crippen LogP contribution < -0.4 is 0 Å². The van der Waals surface area contributed by atoms with Crippen molar-refractivity contribution in [1.82, 2.24) is 4.90 Å². The first kappa shape index (κ1) is 14.7. The predicted molar refractivity (Wildman–Crippen MR) is 69.9 cm³/mol. The molecule has 0 saturated carbocycles. The van der Waals surface area contributed by atoms with Crippen LogP contribution in [0.25, 0.3) is 0 Å². The quantitative estimate of drug-likeness (QED) is 0.775. The average molecular weight is 291 g/mol. The zero-order valence-electron chi connectivity index (χ0n) is 11.0. The SMILES string of the molecule is O=C(O)CC1CS(=O)(=O)CCN1CCC1CCCO1. The lowest BCUT2D eigenvalue weighted by molar-refractivity contribution is -0.138. The first-order valence-electron chi connectivity index (χ1n) is 6.74. The van der Waals surface area contributed by atoms with Gasteiger partial charge in [-0.3, -0.25) is 9.69 Å². The molecule has 2 heterocycles. The molecule has 0 aromatic rings. The second kappa shape index (κ2) is 6.19. The third-order valence-electron chi connectivity index (χ3n) is 3.82. The third-order valence-corrected chi connectivity index (χ3v) is 5.52. The molecule has 2 aliphatic rings. The topological polar surface area (TPSA) is 83.9 Å². The number of hydrogen-bond donors (Lipinski definition) is 1. The number of rotatable bonds is 5. The Morgan fingerprint density at radius 2 is 2.21 bits per heavy atom. The Morgan fingerprint density at radius 3 is 2.84 bits per heavy atom. The summed E-state index contributed by atoms with van der Waals surface area (Å²) in [4.78, 5) is 12.8. The first-order valence-corrected chi connectivity index (χ1v) is 8.56. The molecule has 2 fully saturated rings. The van der Waals surface area contributed by atoms with Crippen molar-refractivity contribution < 1.29 is 23.1 Å². The lowest BCUT2D eigenvalue weighted by Crippen LogP contribution is -2.50. The van der Waals surface area contributed by atoms with Crippen molar-refractivity contribution in [2.45, 2.75) is 37.8 Å². The van der Waals surface area contributed by atoms with Gasteiger partial charge in [0.05, 0.1) is 24.0 Å². The number of hydrogen-bond acceptors (Lipinski definition) is 5. The van der Waals surface area contributed by atoms with Crippen LogP contribution in [0.1, 0.15) is 25.7 Å². The maximum absolute atomic E-state index is 11.6. The van der Waals surface area contributed by atoms with Gasteiger partial charge in [0, 0.05) is 25.7 Å². The van der Waals surface area contributed by atoms with Gasteiger partial charge >= 0.3 is 5.97 Å². The normalized spacial score (nSPS) is 31.4. The molecule has 19 heavy (non-hydrogen) atoms. The molecule has 0 amide bonds. The molecule has 1 N–H and O–H groups in total. The Morgan fingerprint density at radius 1 is 1.42 bits per heavy atom. The zero-order valence-corrected chi connectivity index (χ0v) is 11.8. The molecular weight excluding hydrogens is 270 g/mol. The van der Waals surface area contributed by atoms with Crippen molar-refractivity contribution >= 4 is 15.8 Å². The molecule has 2 rings (SSSR count). The van der Waals surface area contributed by atoms with Crippen molar-refractivity contribution in [3.63, 3.8) is 0 Å². The van der Waals surface area contributed by atoms with Gasteiger partial charge in [-0.25, -0.2) is 8.42 Å². The Balaban J connectivity index is 1.90. The molecule has 0 bridgehead atoms. The molecule has 7 heteroatoms. The molecule has 0 aliphatic carbocycles. The van der Waals surface area contributed by atoms with Gasteiger partial charge in [-0.1, -0.05) is 0 Å². The van der Waals surface area contributed by atoms with E-state index in [0.717, 1.165) is 32.4 Å². The number of carboxylic acids is 1. The van der Waals surface area contributed by atoms with E-state index in [1.165, 1.54) is 0 Å². The van der Waals surface area contributed by atoms with Crippen LogP contribution in [0, 0.1) is 0 Å². The number of aliphatic carboxylic acids is 1. The summed E-state index contributed by atoms with van der Waals surface area (Å²) in [6.45, 7) is 1.96. The minimum absolute atomic E-state index is 0.0369. The van der Waals surface area contributed by atoms with Crippen LogP contribution in [0.15, 0.2) is 0 Å². The molecule has 0 aromatic heterocycles. The van der Waals surface area contributed by atoms with Crippen LogP contribution in [0.2, 0.25) is 0 Å². The number of sulfone groups is 1. The second-order valence-electron chi connectivity index (χ2n) is 5.33. The number of ether oxygens (including phenoxy) is 1. The molecule has 2 aliphatic heterocycles. The van der Waals surface area contributed by atoms with E-state index in [0.29, 0.717) is 6.54 Å². The van der Waals surface area contributed by atoms with E-state index in [2.05, 4.69) is 0 Å². The van der Waals surface area contributed by atoms with E-state index in [9.17, 15) is 13.2 Å². The Bertz CT molecular complexity index is 416. The largest absolute Gasteiger partial charge is 0.481 e. The van der Waals surface area contributed by atoms with Gasteiger partial charge in [0.2, 0.25) is 0 Å². The van der Waals surface area contributed by atoms with Gasteiger partial charge < -0.3 is 9.84 Å². The minimum Gasteiger partial charge on any atom is -0.481 e. The highest BCUT2D eigenvalue weighted by molar-refractivity contribution is 7.91. The summed E-state index contributed by atoms with van der Waals surface area (Å²) in [6, 6.07) is -0.391. The third kappa shape index (κ3) is 4.43. The number of carboxylic acid groups (broad SMARTS) is 1. The monoisotopic (exact) mass is 291 g/mol. The Hall–Kier alpha value is -0.660. The Labute approximate surface area is 113 Å². The summed E-state index contributed by atoms with van der Waals surface area (Å²) < 4.78 is 28.7. The fraction of sp³-hybridized carbons (Fsp3) is 0.917. The highest BCUT2D eigenvalue weighted by Crippen LogP contribution is 2.19. The molecule has 0 radical (unpaired) electrons. The highest BCUT2D eigenvalue weighted by atomic mass is 32.2. The van der Waals surface area contributed by atoms with Crippen molar-refractivity contribution in [1.29, 1.82) is 0 Å². The first-order chi connectivity index (χ1) is 8.96. The summed E-state index contributed by atoms with van der Waals surface area (Å²) in [5, 5.41) is 8.89. The van der Waals surface area contributed by atoms with E-state index >= 15 is 0 Å². The van der Waals surface area contributed by atoms with Crippen molar-refractivity contribution in [2.75, 3.05) is 31.2 Å². The summed E-state index contributed by atoms with van der Waals surface area (Å²) in [5.41, 5.74) is 0. The number of nitrogens with zero attached hydrogens (tertiary/aromatic N) is 1. The standard InChI is InChI=1S/C12H21NO5S/c14-12(15)8-10-9-19(16,17)7-5-13(10)4-3-11-2-1-6-18-11/h10-11H,1-9H2,(H,14,15). The Kier molecular flexibility index (Phi) is 4.81. The van der Waals surface area contributed by atoms with Crippen LogP contribution in [0.4, 0.5) is 0 Å². The van der Waals surface area contributed by atoms with E-state index in [1.807, 2.05) is 4.90 Å². The number of carbonyl (C=O) groups is 1. The van der Waals surface area contributed by atoms with Crippen LogP contribution in [0.3, 0.4) is 0 Å². The lowest BCUT2D eigenvalue weighted by Gasteiger charge is -2.35. The maximum atomic E-state index is 11.6. The lowest BCUT2D eigenvalue weighted by atomic mass is 10.1. The molecule has 2 unspecified atom stereocenters. The van der Waals surface area contributed by atoms with Gasteiger partial charge in [0.1, 0.15) is 0 Å². The van der Waals surface area contributed by atoms with Crippen molar-refractivity contribution in [3.8, 4) is 0 Å². The van der Waals surface area contributed by atoms with Crippen LogP contribution in [-0.4, -0.2) is 67.7 Å². The highest BCUT2D eigenvalue weighted by Gasteiger charge is 2.32. The summed E-state index contributed by atoms with van der Waals surface area (Å²) in [6.07, 6.45) is 3.14. The molecule has 2 atom stereocenters. The van der Waals surface area contributed by atoms with Crippen LogP contribution in [0.5, 0.6) is 0 Å². The molecule has 0 aromatic carbocycles. The molecule has 0 spiro atoms. The van der Waals surface area contributed by atoms with Crippen LogP contribution in [-0.2, 0) is 19.4 Å². The fourth-order valence-corrected chi connectivity index (χ4v) is 4.38. The molecular formula is C12H21NO5S. The van der Waals surface area contributed by atoms with E-state index in [1.54, 1.807) is 0 Å². The summed E-state index contributed by atoms with van der Waals surface area (Å²) >= 11 is 0. The van der Waals surface area contributed by atoms with E-state index < -0.39 is 21.8 Å². The van der Waals surface area contributed by atoms with Gasteiger partial charge in [0.25, 0.3) is 0 Å². The minimum atomic E-state index is -3.08.